The molecule has 1 N–H and O–H groups in total. The van der Waals surface area contributed by atoms with Crippen LogP contribution < -0.4 is 10.2 Å². The van der Waals surface area contributed by atoms with Crippen LogP contribution in [0.25, 0.3) is 11.0 Å². The van der Waals surface area contributed by atoms with Crippen molar-refractivity contribution in [3.8, 4) is 6.07 Å². The molecule has 9 nitrogen and oxygen atoms in total. The Morgan fingerprint density at radius 1 is 1.27 bits per heavy atom. The van der Waals surface area contributed by atoms with Gasteiger partial charge in [0.05, 0.1) is 35.4 Å². The van der Waals surface area contributed by atoms with E-state index < -0.39 is 15.9 Å². The van der Waals surface area contributed by atoms with Gasteiger partial charge in [0.1, 0.15) is 17.1 Å². The van der Waals surface area contributed by atoms with Crippen LogP contribution in [-0.4, -0.2) is 67.6 Å². The molecule has 3 heterocycles. The van der Waals surface area contributed by atoms with E-state index in [-0.39, 0.29) is 29.4 Å². The number of ether oxygens (including phenoxy) is 1. The molecule has 4 rings (SSSR count). The van der Waals surface area contributed by atoms with Gasteiger partial charge in [-0.05, 0) is 31.4 Å². The van der Waals surface area contributed by atoms with E-state index in [9.17, 15) is 18.5 Å². The van der Waals surface area contributed by atoms with E-state index in [0.29, 0.717) is 42.7 Å². The van der Waals surface area contributed by atoms with Crippen LogP contribution in [0.5, 0.6) is 0 Å². The van der Waals surface area contributed by atoms with Gasteiger partial charge in [-0.3, -0.25) is 14.8 Å². The molecule has 2 saturated heterocycles. The highest BCUT2D eigenvalue weighted by Gasteiger charge is 2.34. The fraction of sp³-hybridized carbons (Fsp3) is 0.500. The van der Waals surface area contributed by atoms with Crippen molar-refractivity contribution in [1.82, 2.24) is 15.3 Å². The van der Waals surface area contributed by atoms with Crippen LogP contribution in [0.2, 0.25) is 0 Å². The van der Waals surface area contributed by atoms with Crippen LogP contribution in [0.15, 0.2) is 24.5 Å². The average molecular weight is 430 g/mol. The number of carbonyl (C=O) groups is 1. The van der Waals surface area contributed by atoms with E-state index in [2.05, 4.69) is 21.4 Å². The summed E-state index contributed by atoms with van der Waals surface area (Å²) < 4.78 is 28.3. The first-order chi connectivity index (χ1) is 14.4. The second-order valence-electron chi connectivity index (χ2n) is 7.86. The van der Waals surface area contributed by atoms with E-state index in [4.69, 9.17) is 4.74 Å². The van der Waals surface area contributed by atoms with Crippen molar-refractivity contribution in [2.24, 2.45) is 5.92 Å². The molecule has 30 heavy (non-hydrogen) atoms. The van der Waals surface area contributed by atoms with E-state index in [1.54, 1.807) is 18.5 Å². The molecule has 0 saturated carbocycles. The number of amides is 1. The number of nitriles is 1. The lowest BCUT2D eigenvalue weighted by atomic mass is 10.1. The topological polar surface area (TPSA) is 125 Å². The molecule has 2 atom stereocenters. The highest BCUT2D eigenvalue weighted by atomic mass is 32.2. The third-order valence-corrected chi connectivity index (χ3v) is 7.41. The van der Waals surface area contributed by atoms with Crippen LogP contribution in [0.3, 0.4) is 0 Å². The zero-order valence-electron chi connectivity index (χ0n) is 16.6. The first kappa shape index (κ1) is 20.5. The molecule has 1 amide bonds. The van der Waals surface area contributed by atoms with Gasteiger partial charge in [0.15, 0.2) is 15.9 Å². The van der Waals surface area contributed by atoms with Crippen molar-refractivity contribution in [1.29, 1.82) is 5.26 Å². The van der Waals surface area contributed by atoms with Crippen molar-refractivity contribution in [2.75, 3.05) is 36.0 Å². The summed E-state index contributed by atoms with van der Waals surface area (Å²) in [6.07, 6.45) is 2.96. The number of fused-ring (bicyclic) bond motifs is 1. The van der Waals surface area contributed by atoms with Gasteiger partial charge in [0.25, 0.3) is 5.91 Å². The number of morpholine rings is 1. The highest BCUT2D eigenvalue weighted by Crippen LogP contribution is 2.29. The number of rotatable bonds is 5. The predicted octanol–water partition coefficient (Wildman–Crippen LogP) is 0.646. The molecule has 0 radical (unpaired) electrons. The van der Waals surface area contributed by atoms with Crippen LogP contribution in [-0.2, 0) is 19.4 Å². The minimum atomic E-state index is -2.85. The molecule has 1 aromatic heterocycles. The highest BCUT2D eigenvalue weighted by molar-refractivity contribution is 7.92. The Hall–Kier alpha value is -2.77. The first-order valence-corrected chi connectivity index (χ1v) is 11.7. The van der Waals surface area contributed by atoms with Crippen LogP contribution in [0.4, 0.5) is 5.69 Å². The standard InChI is InChI=1S/C20H23N5O4S/c1-13-9-25(16-3-2-15(8-21)18-19(16)23-7-6-22-18)10-17(29-13)20(26)24-5-4-14-11-30(27,28)12-14/h2-3,6-7,13-14,17H,4-5,9-12H2,1H3,(H,24,26)/t13-,17-/m1/s1. The zero-order chi connectivity index (χ0) is 21.3. The van der Waals surface area contributed by atoms with Gasteiger partial charge < -0.3 is 15.0 Å². The number of hydrogen-bond acceptors (Lipinski definition) is 8. The van der Waals surface area contributed by atoms with Crippen molar-refractivity contribution >= 4 is 32.5 Å². The number of nitrogens with zero attached hydrogens (tertiary/aromatic N) is 4. The summed E-state index contributed by atoms with van der Waals surface area (Å²) >= 11 is 0. The second kappa shape index (κ2) is 8.16. The Kier molecular flexibility index (Phi) is 5.58. The molecule has 2 aliphatic heterocycles. The lowest BCUT2D eigenvalue weighted by molar-refractivity contribution is -0.137. The van der Waals surface area contributed by atoms with Gasteiger partial charge in [-0.15, -0.1) is 0 Å². The van der Waals surface area contributed by atoms with E-state index >= 15 is 0 Å². The summed E-state index contributed by atoms with van der Waals surface area (Å²) in [6.45, 7) is 3.27. The lowest BCUT2D eigenvalue weighted by Gasteiger charge is -2.37. The number of sulfone groups is 1. The fourth-order valence-electron chi connectivity index (χ4n) is 4.03. The molecule has 1 aromatic carbocycles. The van der Waals surface area contributed by atoms with Gasteiger partial charge in [0, 0.05) is 25.5 Å². The normalized spacial score (nSPS) is 23.5. The Morgan fingerprint density at radius 2 is 2.00 bits per heavy atom. The van der Waals surface area contributed by atoms with Crippen molar-refractivity contribution in [3.63, 3.8) is 0 Å². The van der Waals surface area contributed by atoms with E-state index in [1.165, 1.54) is 0 Å². The molecule has 2 aliphatic rings. The summed E-state index contributed by atoms with van der Waals surface area (Å²) in [5, 5.41) is 12.2. The quantitative estimate of drug-likeness (QED) is 0.734. The SMILES string of the molecule is C[C@@H]1CN(c2ccc(C#N)c3nccnc23)C[C@H](C(=O)NCCC2CS(=O)(=O)C2)O1. The van der Waals surface area contributed by atoms with Gasteiger partial charge in [-0.2, -0.15) is 5.26 Å². The molecule has 2 fully saturated rings. The minimum absolute atomic E-state index is 0.126. The molecule has 0 spiro atoms. The maximum absolute atomic E-state index is 12.6. The maximum Gasteiger partial charge on any atom is 0.251 e. The zero-order valence-corrected chi connectivity index (χ0v) is 17.4. The third kappa shape index (κ3) is 4.22. The third-order valence-electron chi connectivity index (χ3n) is 5.45. The molecule has 10 heteroatoms. The summed E-state index contributed by atoms with van der Waals surface area (Å²) in [7, 11) is -2.85. The monoisotopic (exact) mass is 429 g/mol. The smallest absolute Gasteiger partial charge is 0.251 e. The van der Waals surface area contributed by atoms with Gasteiger partial charge in [-0.25, -0.2) is 8.42 Å². The number of nitrogens with one attached hydrogen (secondary N) is 1. The maximum atomic E-state index is 12.6. The molecule has 0 unspecified atom stereocenters. The number of anilines is 1. The summed E-state index contributed by atoms with van der Waals surface area (Å²) in [5.41, 5.74) is 2.42. The molecule has 0 bridgehead atoms. The number of aromatic nitrogens is 2. The van der Waals surface area contributed by atoms with Gasteiger partial charge in [0.2, 0.25) is 0 Å². The van der Waals surface area contributed by atoms with Crippen LogP contribution in [0.1, 0.15) is 18.9 Å². The second-order valence-corrected chi connectivity index (χ2v) is 10.0. The van der Waals surface area contributed by atoms with Gasteiger partial charge in [-0.1, -0.05) is 0 Å². The molecular formula is C20H23N5O4S. The molecule has 0 aliphatic carbocycles. The molecular weight excluding hydrogens is 406 g/mol. The van der Waals surface area contributed by atoms with Crippen LogP contribution >= 0.6 is 0 Å². The number of hydrogen-bond donors (Lipinski definition) is 1. The predicted molar refractivity (Wildman–Crippen MR) is 111 cm³/mol. The Morgan fingerprint density at radius 3 is 2.70 bits per heavy atom. The molecule has 158 valence electrons. The largest absolute Gasteiger partial charge is 0.364 e. The van der Waals surface area contributed by atoms with Crippen molar-refractivity contribution < 1.29 is 17.9 Å². The summed E-state index contributed by atoms with van der Waals surface area (Å²) in [6, 6.07) is 5.68. The number of carbonyl (C=O) groups excluding carboxylic acids is 1. The average Bonchev–Trinajstić information content (AvgIpc) is 2.71. The Bertz CT molecular complexity index is 1100. The lowest BCUT2D eigenvalue weighted by Crippen LogP contribution is -2.53. The van der Waals surface area contributed by atoms with Gasteiger partial charge >= 0.3 is 0 Å². The van der Waals surface area contributed by atoms with Crippen LogP contribution in [0, 0.1) is 17.2 Å². The first-order valence-electron chi connectivity index (χ1n) is 9.88. The number of benzene rings is 1. The molecule has 2 aromatic rings. The van der Waals surface area contributed by atoms with Crippen molar-refractivity contribution in [3.05, 3.63) is 30.1 Å². The van der Waals surface area contributed by atoms with E-state index in [0.717, 1.165) is 5.69 Å². The minimum Gasteiger partial charge on any atom is -0.364 e. The fourth-order valence-corrected chi connectivity index (χ4v) is 5.70. The Balaban J connectivity index is 1.44. The van der Waals surface area contributed by atoms with Crippen molar-refractivity contribution in [2.45, 2.75) is 25.6 Å². The summed E-state index contributed by atoms with van der Waals surface area (Å²) in [4.78, 5) is 23.4. The van der Waals surface area contributed by atoms with E-state index in [1.807, 2.05) is 17.9 Å². The Labute approximate surface area is 175 Å². The summed E-state index contributed by atoms with van der Waals surface area (Å²) in [5.74, 6) is 0.334.